The molecule has 0 bridgehead atoms. The lowest BCUT2D eigenvalue weighted by Gasteiger charge is -2.12. The van der Waals surface area contributed by atoms with Gasteiger partial charge in [-0.25, -0.2) is 9.36 Å². The van der Waals surface area contributed by atoms with Gasteiger partial charge >= 0.3 is 5.69 Å². The van der Waals surface area contributed by atoms with Crippen molar-refractivity contribution >= 4 is 27.5 Å². The van der Waals surface area contributed by atoms with Gasteiger partial charge in [0.05, 0.1) is 22.9 Å². The van der Waals surface area contributed by atoms with Gasteiger partial charge in [0.1, 0.15) is 5.15 Å². The van der Waals surface area contributed by atoms with Crippen LogP contribution in [-0.2, 0) is 0 Å². The Kier molecular flexibility index (Phi) is 4.35. The minimum atomic E-state index is -0.625. The summed E-state index contributed by atoms with van der Waals surface area (Å²) >= 11 is 9.23. The van der Waals surface area contributed by atoms with Crippen molar-refractivity contribution in [2.75, 3.05) is 0 Å². The van der Waals surface area contributed by atoms with E-state index in [4.69, 9.17) is 16.9 Å². The van der Waals surface area contributed by atoms with Crippen LogP contribution in [0, 0.1) is 11.3 Å². The summed E-state index contributed by atoms with van der Waals surface area (Å²) in [7, 11) is 0. The van der Waals surface area contributed by atoms with Crippen molar-refractivity contribution < 1.29 is 0 Å². The smallest absolute Gasteiger partial charge is 0.297 e. The molecule has 2 aromatic rings. The third-order valence-corrected chi connectivity index (χ3v) is 3.92. The summed E-state index contributed by atoms with van der Waals surface area (Å²) in [5, 5.41) is 8.92. The van der Waals surface area contributed by atoms with Crippen LogP contribution in [-0.4, -0.2) is 9.55 Å². The molecule has 0 aliphatic heterocycles. The standard InChI is InChI=1S/C14H11BrClN3O2/c1-7(2)11-12(16)18-14(21)19(13(11)20)10-4-3-8(6-17)5-9(10)15/h3-5,7H,1-2H3,(H,18,21). The van der Waals surface area contributed by atoms with Gasteiger partial charge < -0.3 is 0 Å². The molecule has 0 saturated carbocycles. The molecule has 0 amide bonds. The fourth-order valence-electron chi connectivity index (χ4n) is 2.00. The van der Waals surface area contributed by atoms with Crippen LogP contribution in [0.3, 0.4) is 0 Å². The molecule has 0 radical (unpaired) electrons. The Bertz CT molecular complexity index is 862. The first-order chi connectivity index (χ1) is 9.86. The topological polar surface area (TPSA) is 78.7 Å². The van der Waals surface area contributed by atoms with Crippen LogP contribution >= 0.6 is 27.5 Å². The van der Waals surface area contributed by atoms with E-state index in [0.717, 1.165) is 4.57 Å². The lowest BCUT2D eigenvalue weighted by Crippen LogP contribution is -2.36. The summed E-state index contributed by atoms with van der Waals surface area (Å²) < 4.78 is 1.48. The molecule has 0 aliphatic rings. The molecule has 5 nitrogen and oxygen atoms in total. The van der Waals surface area contributed by atoms with Crippen molar-refractivity contribution in [2.45, 2.75) is 19.8 Å². The van der Waals surface area contributed by atoms with Crippen LogP contribution in [0.1, 0.15) is 30.9 Å². The molecule has 1 N–H and O–H groups in total. The number of halogens is 2. The van der Waals surface area contributed by atoms with Crippen LogP contribution in [0.2, 0.25) is 5.15 Å². The molecule has 0 aliphatic carbocycles. The SMILES string of the molecule is CC(C)c1c(Cl)[nH]c(=O)n(-c2ccc(C#N)cc2Br)c1=O. The third kappa shape index (κ3) is 2.80. The first-order valence-electron chi connectivity index (χ1n) is 6.11. The molecule has 0 unspecified atom stereocenters. The number of H-pyrrole nitrogens is 1. The van der Waals surface area contributed by atoms with Gasteiger partial charge in [0.15, 0.2) is 0 Å². The van der Waals surface area contributed by atoms with E-state index in [1.54, 1.807) is 6.07 Å². The fraction of sp³-hybridized carbons (Fsp3) is 0.214. The van der Waals surface area contributed by atoms with Gasteiger partial charge in [0.2, 0.25) is 0 Å². The Morgan fingerprint density at radius 1 is 1.38 bits per heavy atom. The number of rotatable bonds is 2. The zero-order valence-electron chi connectivity index (χ0n) is 11.3. The Morgan fingerprint density at radius 2 is 2.05 bits per heavy atom. The van der Waals surface area contributed by atoms with Gasteiger partial charge in [-0.1, -0.05) is 25.4 Å². The first-order valence-corrected chi connectivity index (χ1v) is 7.28. The summed E-state index contributed by atoms with van der Waals surface area (Å²) in [5.74, 6) is -0.134. The summed E-state index contributed by atoms with van der Waals surface area (Å²) in [5.41, 5.74) is 0.0310. The molecule has 7 heteroatoms. The van der Waals surface area contributed by atoms with E-state index < -0.39 is 11.2 Å². The molecule has 2 rings (SSSR count). The average molecular weight is 369 g/mol. The van der Waals surface area contributed by atoms with Crippen molar-refractivity contribution in [3.63, 3.8) is 0 Å². The largest absolute Gasteiger partial charge is 0.334 e. The number of benzene rings is 1. The van der Waals surface area contributed by atoms with E-state index >= 15 is 0 Å². The molecular formula is C14H11BrClN3O2. The van der Waals surface area contributed by atoms with E-state index in [0.29, 0.717) is 21.3 Å². The maximum atomic E-state index is 12.5. The molecule has 21 heavy (non-hydrogen) atoms. The monoisotopic (exact) mass is 367 g/mol. The number of aromatic amines is 1. The molecule has 0 fully saturated rings. The normalized spacial score (nSPS) is 10.7. The molecule has 0 saturated heterocycles. The number of aromatic nitrogens is 2. The highest BCUT2D eigenvalue weighted by Crippen LogP contribution is 2.22. The lowest BCUT2D eigenvalue weighted by molar-refractivity contribution is 0.776. The molecule has 0 spiro atoms. The quantitative estimate of drug-likeness (QED) is 0.828. The van der Waals surface area contributed by atoms with Gasteiger partial charge in [0.25, 0.3) is 5.56 Å². The van der Waals surface area contributed by atoms with Crippen molar-refractivity contribution in [3.8, 4) is 11.8 Å². The number of hydrogen-bond acceptors (Lipinski definition) is 3. The highest BCUT2D eigenvalue weighted by atomic mass is 79.9. The lowest BCUT2D eigenvalue weighted by atomic mass is 10.1. The second-order valence-corrected chi connectivity index (χ2v) is 5.96. The summed E-state index contributed by atoms with van der Waals surface area (Å²) in [6, 6.07) is 6.61. The predicted molar refractivity (Wildman–Crippen MR) is 84.2 cm³/mol. The molecule has 0 atom stereocenters. The fourth-order valence-corrected chi connectivity index (χ4v) is 2.94. The minimum absolute atomic E-state index is 0.0565. The van der Waals surface area contributed by atoms with E-state index in [1.165, 1.54) is 12.1 Å². The van der Waals surface area contributed by atoms with Crippen molar-refractivity contribution in [3.05, 3.63) is 59.8 Å². The van der Waals surface area contributed by atoms with Gasteiger partial charge in [-0.3, -0.25) is 9.78 Å². The van der Waals surface area contributed by atoms with E-state index in [9.17, 15) is 9.59 Å². The highest BCUT2D eigenvalue weighted by Gasteiger charge is 2.18. The summed E-state index contributed by atoms with van der Waals surface area (Å²) in [6.07, 6.45) is 0. The van der Waals surface area contributed by atoms with Gasteiger partial charge in [-0.05, 0) is 40.0 Å². The van der Waals surface area contributed by atoms with Gasteiger partial charge in [-0.15, -0.1) is 0 Å². The number of hydrogen-bond donors (Lipinski definition) is 1. The zero-order valence-corrected chi connectivity index (χ0v) is 13.6. The highest BCUT2D eigenvalue weighted by molar-refractivity contribution is 9.10. The Hall–Kier alpha value is -1.84. The Morgan fingerprint density at radius 3 is 2.57 bits per heavy atom. The van der Waals surface area contributed by atoms with Crippen molar-refractivity contribution in [1.82, 2.24) is 9.55 Å². The van der Waals surface area contributed by atoms with Crippen LogP contribution in [0.5, 0.6) is 0 Å². The Labute approximate surface area is 133 Å². The van der Waals surface area contributed by atoms with E-state index in [2.05, 4.69) is 20.9 Å². The second kappa shape index (κ2) is 5.88. The maximum Gasteiger partial charge on any atom is 0.334 e. The molecule has 1 aromatic carbocycles. The number of nitrogens with zero attached hydrogens (tertiary/aromatic N) is 2. The molecular weight excluding hydrogens is 358 g/mol. The average Bonchev–Trinajstić information content (AvgIpc) is 2.39. The zero-order chi connectivity index (χ0) is 15.7. The van der Waals surface area contributed by atoms with Crippen molar-refractivity contribution in [2.24, 2.45) is 0 Å². The number of nitrogens with one attached hydrogen (secondary N) is 1. The van der Waals surface area contributed by atoms with Crippen molar-refractivity contribution in [1.29, 1.82) is 5.26 Å². The molecule has 1 heterocycles. The van der Waals surface area contributed by atoms with Crippen LogP contribution in [0.15, 0.2) is 32.3 Å². The third-order valence-electron chi connectivity index (χ3n) is 2.98. The van der Waals surface area contributed by atoms with Gasteiger partial charge in [0, 0.05) is 4.47 Å². The minimum Gasteiger partial charge on any atom is -0.297 e. The summed E-state index contributed by atoms with van der Waals surface area (Å²) in [4.78, 5) is 27.1. The van der Waals surface area contributed by atoms with Gasteiger partial charge in [-0.2, -0.15) is 5.26 Å². The summed E-state index contributed by atoms with van der Waals surface area (Å²) in [6.45, 7) is 3.64. The molecule has 1 aromatic heterocycles. The first kappa shape index (κ1) is 15.5. The van der Waals surface area contributed by atoms with E-state index in [1.807, 2.05) is 19.9 Å². The predicted octanol–water partition coefficient (Wildman–Crippen LogP) is 2.94. The maximum absolute atomic E-state index is 12.5. The van der Waals surface area contributed by atoms with Crippen LogP contribution < -0.4 is 11.2 Å². The Balaban J connectivity index is 2.83. The van der Waals surface area contributed by atoms with E-state index in [-0.39, 0.29) is 11.1 Å². The molecule has 108 valence electrons. The van der Waals surface area contributed by atoms with Crippen LogP contribution in [0.25, 0.3) is 5.69 Å². The van der Waals surface area contributed by atoms with Crippen LogP contribution in [0.4, 0.5) is 0 Å². The number of nitriles is 1. The second-order valence-electron chi connectivity index (χ2n) is 4.73.